The van der Waals surface area contributed by atoms with Gasteiger partial charge < -0.3 is 5.73 Å². The Bertz CT molecular complexity index is 325. The molecule has 2 N–H and O–H groups in total. The summed E-state index contributed by atoms with van der Waals surface area (Å²) in [5, 5.41) is 6.05. The van der Waals surface area contributed by atoms with Gasteiger partial charge in [0, 0.05) is 5.38 Å². The molecule has 4 atom stereocenters. The van der Waals surface area contributed by atoms with E-state index in [0.717, 1.165) is 29.9 Å². The highest BCUT2D eigenvalue weighted by atomic mass is 32.1. The summed E-state index contributed by atoms with van der Waals surface area (Å²) in [4.78, 5) is 0. The minimum Gasteiger partial charge on any atom is -0.323 e. The lowest BCUT2D eigenvalue weighted by molar-refractivity contribution is 0.294. The van der Waals surface area contributed by atoms with Gasteiger partial charge in [0.2, 0.25) is 0 Å². The fourth-order valence-electron chi connectivity index (χ4n) is 3.45. The van der Waals surface area contributed by atoms with Gasteiger partial charge in [-0.3, -0.25) is 0 Å². The van der Waals surface area contributed by atoms with Gasteiger partial charge in [0.15, 0.2) is 0 Å². The standard InChI is InChI=1S/C11H17N3S/c12-10(11-6-15-14-13-11)5-9-4-7-1-2-8(9)3-7/h6-10H,1-5,12H2. The summed E-state index contributed by atoms with van der Waals surface area (Å²) in [5.74, 6) is 2.84. The van der Waals surface area contributed by atoms with Crippen molar-refractivity contribution in [2.75, 3.05) is 0 Å². The van der Waals surface area contributed by atoms with Crippen LogP contribution in [0.3, 0.4) is 0 Å². The maximum atomic E-state index is 6.16. The van der Waals surface area contributed by atoms with E-state index in [0.29, 0.717) is 0 Å². The summed E-state index contributed by atoms with van der Waals surface area (Å²) in [7, 11) is 0. The third-order valence-corrected chi connectivity index (χ3v) is 4.72. The predicted octanol–water partition coefficient (Wildman–Crippen LogP) is 2.36. The van der Waals surface area contributed by atoms with Crippen LogP contribution in [0.25, 0.3) is 0 Å². The molecule has 2 aliphatic rings. The molecule has 0 spiro atoms. The summed E-state index contributed by atoms with van der Waals surface area (Å²) in [5.41, 5.74) is 7.14. The molecule has 15 heavy (non-hydrogen) atoms. The molecule has 0 radical (unpaired) electrons. The normalized spacial score (nSPS) is 35.9. The third-order valence-electron chi connectivity index (χ3n) is 4.20. The van der Waals surface area contributed by atoms with Crippen molar-refractivity contribution >= 4 is 11.5 Å². The van der Waals surface area contributed by atoms with E-state index in [-0.39, 0.29) is 6.04 Å². The van der Waals surface area contributed by atoms with Gasteiger partial charge in [-0.15, -0.1) is 5.10 Å². The van der Waals surface area contributed by atoms with Gasteiger partial charge in [-0.25, -0.2) is 0 Å². The molecule has 0 saturated heterocycles. The second kappa shape index (κ2) is 3.83. The van der Waals surface area contributed by atoms with E-state index in [1.54, 1.807) is 0 Å². The summed E-state index contributed by atoms with van der Waals surface area (Å²) < 4.78 is 3.88. The molecule has 82 valence electrons. The Kier molecular flexibility index (Phi) is 2.48. The van der Waals surface area contributed by atoms with Gasteiger partial charge in [-0.2, -0.15) is 0 Å². The van der Waals surface area contributed by atoms with Crippen molar-refractivity contribution in [1.29, 1.82) is 0 Å². The van der Waals surface area contributed by atoms with Crippen LogP contribution in [0.4, 0.5) is 0 Å². The van der Waals surface area contributed by atoms with Crippen LogP contribution in [0, 0.1) is 17.8 Å². The van der Waals surface area contributed by atoms with Crippen molar-refractivity contribution in [3.8, 4) is 0 Å². The minimum absolute atomic E-state index is 0.119. The maximum Gasteiger partial charge on any atom is 0.0922 e. The van der Waals surface area contributed by atoms with E-state index in [9.17, 15) is 0 Å². The van der Waals surface area contributed by atoms with E-state index in [4.69, 9.17) is 5.73 Å². The van der Waals surface area contributed by atoms with Crippen molar-refractivity contribution in [3.05, 3.63) is 11.1 Å². The summed E-state index contributed by atoms with van der Waals surface area (Å²) in [6, 6.07) is 0.119. The highest BCUT2D eigenvalue weighted by Gasteiger charge is 2.39. The maximum absolute atomic E-state index is 6.16. The molecular formula is C11H17N3S. The number of hydrogen-bond acceptors (Lipinski definition) is 4. The summed E-state index contributed by atoms with van der Waals surface area (Å²) in [6.45, 7) is 0. The molecule has 2 aliphatic carbocycles. The lowest BCUT2D eigenvalue weighted by Crippen LogP contribution is -2.19. The van der Waals surface area contributed by atoms with E-state index in [1.807, 2.05) is 5.38 Å². The number of nitrogens with zero attached hydrogens (tertiary/aromatic N) is 2. The molecule has 0 aliphatic heterocycles. The molecule has 3 nitrogen and oxygen atoms in total. The highest BCUT2D eigenvalue weighted by molar-refractivity contribution is 7.03. The summed E-state index contributed by atoms with van der Waals surface area (Å²) in [6.07, 6.45) is 6.90. The second-order valence-electron chi connectivity index (χ2n) is 5.11. The first kappa shape index (κ1) is 9.73. The van der Waals surface area contributed by atoms with Gasteiger partial charge in [0.1, 0.15) is 0 Å². The zero-order valence-corrected chi connectivity index (χ0v) is 9.62. The molecule has 3 rings (SSSR count). The number of fused-ring (bicyclic) bond motifs is 2. The Morgan fingerprint density at radius 1 is 1.47 bits per heavy atom. The highest BCUT2D eigenvalue weighted by Crippen LogP contribution is 2.50. The van der Waals surface area contributed by atoms with Crippen LogP contribution in [-0.2, 0) is 0 Å². The monoisotopic (exact) mass is 223 g/mol. The largest absolute Gasteiger partial charge is 0.323 e. The topological polar surface area (TPSA) is 51.8 Å². The van der Waals surface area contributed by atoms with Gasteiger partial charge >= 0.3 is 0 Å². The van der Waals surface area contributed by atoms with Gasteiger partial charge in [-0.1, -0.05) is 10.9 Å². The molecule has 2 saturated carbocycles. The first-order chi connectivity index (χ1) is 7.33. The van der Waals surface area contributed by atoms with Crippen molar-refractivity contribution in [2.24, 2.45) is 23.5 Å². The third kappa shape index (κ3) is 1.81. The molecule has 2 bridgehead atoms. The summed E-state index contributed by atoms with van der Waals surface area (Å²) >= 11 is 1.40. The molecule has 0 amide bonds. The van der Waals surface area contributed by atoms with Gasteiger partial charge in [-0.05, 0) is 55.0 Å². The van der Waals surface area contributed by atoms with Crippen LogP contribution in [-0.4, -0.2) is 9.59 Å². The number of rotatable bonds is 3. The first-order valence-corrected chi connectivity index (χ1v) is 6.69. The average Bonchev–Trinajstić information content (AvgIpc) is 2.95. The fourth-order valence-corrected chi connectivity index (χ4v) is 3.96. The molecule has 4 heteroatoms. The zero-order chi connectivity index (χ0) is 10.3. The molecule has 4 unspecified atom stereocenters. The van der Waals surface area contributed by atoms with Crippen molar-refractivity contribution in [2.45, 2.75) is 38.1 Å². The molecule has 2 fully saturated rings. The van der Waals surface area contributed by atoms with Gasteiger partial charge in [0.25, 0.3) is 0 Å². The van der Waals surface area contributed by atoms with Crippen LogP contribution >= 0.6 is 11.5 Å². The minimum atomic E-state index is 0.119. The van der Waals surface area contributed by atoms with Crippen LogP contribution in [0.2, 0.25) is 0 Å². The molecule has 0 aromatic carbocycles. The van der Waals surface area contributed by atoms with E-state index >= 15 is 0 Å². The van der Waals surface area contributed by atoms with Crippen LogP contribution < -0.4 is 5.73 Å². The Labute approximate surface area is 94.2 Å². The Morgan fingerprint density at radius 3 is 3.00 bits per heavy atom. The molecular weight excluding hydrogens is 206 g/mol. The Balaban J connectivity index is 1.62. The van der Waals surface area contributed by atoms with E-state index in [1.165, 1.54) is 37.2 Å². The van der Waals surface area contributed by atoms with Crippen molar-refractivity contribution < 1.29 is 0 Å². The first-order valence-electron chi connectivity index (χ1n) is 5.85. The second-order valence-corrected chi connectivity index (χ2v) is 5.72. The van der Waals surface area contributed by atoms with Crippen LogP contribution in [0.5, 0.6) is 0 Å². The van der Waals surface area contributed by atoms with Crippen molar-refractivity contribution in [3.63, 3.8) is 0 Å². The molecule has 1 aromatic heterocycles. The number of hydrogen-bond donors (Lipinski definition) is 1. The SMILES string of the molecule is NC(CC1CC2CCC1C2)c1csnn1. The van der Waals surface area contributed by atoms with Crippen LogP contribution in [0.15, 0.2) is 5.38 Å². The Morgan fingerprint density at radius 2 is 2.40 bits per heavy atom. The smallest absolute Gasteiger partial charge is 0.0922 e. The molecule has 1 aromatic rings. The van der Waals surface area contributed by atoms with Gasteiger partial charge in [0.05, 0.1) is 11.7 Å². The lowest BCUT2D eigenvalue weighted by atomic mass is 9.84. The van der Waals surface area contributed by atoms with Crippen molar-refractivity contribution in [1.82, 2.24) is 9.59 Å². The zero-order valence-electron chi connectivity index (χ0n) is 8.80. The molecule has 1 heterocycles. The fraction of sp³-hybridized carbons (Fsp3) is 0.818. The quantitative estimate of drug-likeness (QED) is 0.856. The van der Waals surface area contributed by atoms with E-state index < -0.39 is 0 Å². The number of nitrogens with two attached hydrogens (primary N) is 1. The number of aromatic nitrogens is 2. The van der Waals surface area contributed by atoms with E-state index in [2.05, 4.69) is 9.59 Å². The predicted molar refractivity (Wildman–Crippen MR) is 60.4 cm³/mol. The Hall–Kier alpha value is -0.480. The average molecular weight is 223 g/mol. The lowest BCUT2D eigenvalue weighted by Gasteiger charge is -2.23. The van der Waals surface area contributed by atoms with Crippen LogP contribution in [0.1, 0.15) is 43.8 Å².